The summed E-state index contributed by atoms with van der Waals surface area (Å²) in [7, 11) is 0. The Bertz CT molecular complexity index is 687. The molecule has 1 amide bonds. The molecule has 0 heterocycles. The minimum atomic E-state index is -0.898. The number of halogens is 2. The molecule has 0 aliphatic carbocycles. The standard InChI is InChI=1S/C14H12F2N2O2/c1-7-5-6-9(15)12(11(7)16)18-14(20)8-3-2-4-10(17)13(8)19/h2-6,19H,17H2,1H3,(H,18,20). The molecule has 0 saturated carbocycles. The van der Waals surface area contributed by atoms with Crippen LogP contribution >= 0.6 is 0 Å². The van der Waals surface area contributed by atoms with Crippen molar-refractivity contribution in [3.05, 3.63) is 53.1 Å². The lowest BCUT2D eigenvalue weighted by molar-refractivity contribution is 0.102. The van der Waals surface area contributed by atoms with Crippen molar-refractivity contribution in [3.8, 4) is 5.75 Å². The number of benzene rings is 2. The number of nitrogens with one attached hydrogen (secondary N) is 1. The van der Waals surface area contributed by atoms with Gasteiger partial charge in [0.15, 0.2) is 11.6 Å². The molecule has 0 aliphatic heterocycles. The molecule has 2 aromatic rings. The number of amides is 1. The number of carbonyl (C=O) groups is 1. The van der Waals surface area contributed by atoms with Crippen LogP contribution in [0.3, 0.4) is 0 Å². The van der Waals surface area contributed by atoms with E-state index in [2.05, 4.69) is 5.32 Å². The Morgan fingerprint density at radius 3 is 2.65 bits per heavy atom. The maximum Gasteiger partial charge on any atom is 0.259 e. The molecule has 2 aromatic carbocycles. The number of nitrogen functional groups attached to an aromatic ring is 1. The van der Waals surface area contributed by atoms with E-state index in [0.717, 1.165) is 6.07 Å². The van der Waals surface area contributed by atoms with Crippen molar-refractivity contribution >= 4 is 17.3 Å². The number of aromatic hydroxyl groups is 1. The highest BCUT2D eigenvalue weighted by Gasteiger charge is 2.18. The van der Waals surface area contributed by atoms with Crippen LogP contribution in [0.2, 0.25) is 0 Å². The summed E-state index contributed by atoms with van der Waals surface area (Å²) in [5.74, 6) is -3.04. The molecule has 4 N–H and O–H groups in total. The number of hydrogen-bond acceptors (Lipinski definition) is 3. The van der Waals surface area contributed by atoms with Gasteiger partial charge in [-0.3, -0.25) is 4.79 Å². The van der Waals surface area contributed by atoms with Crippen LogP contribution in [0.5, 0.6) is 5.75 Å². The van der Waals surface area contributed by atoms with Gasteiger partial charge < -0.3 is 16.2 Å². The minimum Gasteiger partial charge on any atom is -0.505 e. The topological polar surface area (TPSA) is 75.4 Å². The summed E-state index contributed by atoms with van der Waals surface area (Å²) in [6, 6.07) is 6.46. The Morgan fingerprint density at radius 2 is 1.95 bits per heavy atom. The second-order valence-corrected chi connectivity index (χ2v) is 4.25. The van der Waals surface area contributed by atoms with Crippen molar-refractivity contribution in [2.45, 2.75) is 6.92 Å². The normalized spacial score (nSPS) is 10.3. The number of phenols is 1. The van der Waals surface area contributed by atoms with Gasteiger partial charge in [-0.25, -0.2) is 8.78 Å². The van der Waals surface area contributed by atoms with E-state index in [4.69, 9.17) is 5.73 Å². The molecule has 4 nitrogen and oxygen atoms in total. The number of anilines is 2. The Kier molecular flexibility index (Phi) is 3.56. The molecule has 0 unspecified atom stereocenters. The summed E-state index contributed by atoms with van der Waals surface area (Å²) in [6.07, 6.45) is 0. The number of carbonyl (C=O) groups excluding carboxylic acids is 1. The lowest BCUT2D eigenvalue weighted by Gasteiger charge is -2.10. The molecule has 0 atom stereocenters. The van der Waals surface area contributed by atoms with E-state index >= 15 is 0 Å². The van der Waals surface area contributed by atoms with Crippen molar-refractivity contribution in [2.24, 2.45) is 0 Å². The number of phenolic OH excluding ortho intramolecular Hbond substituents is 1. The van der Waals surface area contributed by atoms with E-state index in [1.54, 1.807) is 0 Å². The zero-order valence-electron chi connectivity index (χ0n) is 10.6. The average Bonchev–Trinajstić information content (AvgIpc) is 2.42. The highest BCUT2D eigenvalue weighted by molar-refractivity contribution is 6.07. The smallest absolute Gasteiger partial charge is 0.259 e. The van der Waals surface area contributed by atoms with Gasteiger partial charge in [-0.2, -0.15) is 0 Å². The molecule has 0 fully saturated rings. The fourth-order valence-corrected chi connectivity index (χ4v) is 1.70. The summed E-state index contributed by atoms with van der Waals surface area (Å²) in [4.78, 5) is 11.9. The van der Waals surface area contributed by atoms with Crippen LogP contribution in [0.1, 0.15) is 15.9 Å². The van der Waals surface area contributed by atoms with Gasteiger partial charge in [0.25, 0.3) is 5.91 Å². The summed E-state index contributed by atoms with van der Waals surface area (Å²) in [5, 5.41) is 11.8. The lowest BCUT2D eigenvalue weighted by atomic mass is 10.1. The number of aryl methyl sites for hydroxylation is 1. The molecule has 0 bridgehead atoms. The van der Waals surface area contributed by atoms with E-state index < -0.39 is 29.0 Å². The number of rotatable bonds is 2. The molecule has 104 valence electrons. The lowest BCUT2D eigenvalue weighted by Crippen LogP contribution is -2.15. The van der Waals surface area contributed by atoms with Crippen LogP contribution in [0.15, 0.2) is 30.3 Å². The molecule has 2 rings (SSSR count). The monoisotopic (exact) mass is 278 g/mol. The third-order valence-corrected chi connectivity index (χ3v) is 2.83. The molecular weight excluding hydrogens is 266 g/mol. The Hall–Kier alpha value is -2.63. The molecule has 6 heteroatoms. The average molecular weight is 278 g/mol. The summed E-state index contributed by atoms with van der Waals surface area (Å²) in [6.45, 7) is 1.45. The van der Waals surface area contributed by atoms with Crippen LogP contribution in [0.25, 0.3) is 0 Å². The fraction of sp³-hybridized carbons (Fsp3) is 0.0714. The van der Waals surface area contributed by atoms with Crippen LogP contribution in [0.4, 0.5) is 20.2 Å². The van der Waals surface area contributed by atoms with Crippen molar-refractivity contribution in [1.82, 2.24) is 0 Å². The number of hydrogen-bond donors (Lipinski definition) is 3. The maximum absolute atomic E-state index is 13.8. The van der Waals surface area contributed by atoms with Crippen LogP contribution in [-0.4, -0.2) is 11.0 Å². The summed E-state index contributed by atoms with van der Waals surface area (Å²) >= 11 is 0. The zero-order chi connectivity index (χ0) is 14.9. The van der Waals surface area contributed by atoms with Crippen LogP contribution in [-0.2, 0) is 0 Å². The van der Waals surface area contributed by atoms with E-state index in [0.29, 0.717) is 0 Å². The quantitative estimate of drug-likeness (QED) is 0.584. The van der Waals surface area contributed by atoms with Gasteiger partial charge in [-0.15, -0.1) is 0 Å². The first kappa shape index (κ1) is 13.8. The third-order valence-electron chi connectivity index (χ3n) is 2.83. The van der Waals surface area contributed by atoms with E-state index in [9.17, 15) is 18.7 Å². The first-order valence-corrected chi connectivity index (χ1v) is 5.75. The highest BCUT2D eigenvalue weighted by atomic mass is 19.1. The van der Waals surface area contributed by atoms with E-state index in [1.807, 2.05) is 0 Å². The Morgan fingerprint density at radius 1 is 1.25 bits per heavy atom. The zero-order valence-corrected chi connectivity index (χ0v) is 10.6. The first-order chi connectivity index (χ1) is 9.41. The van der Waals surface area contributed by atoms with Gasteiger partial charge in [0.1, 0.15) is 11.5 Å². The third kappa shape index (κ3) is 2.40. The van der Waals surface area contributed by atoms with Crippen molar-refractivity contribution < 1.29 is 18.7 Å². The fourth-order valence-electron chi connectivity index (χ4n) is 1.70. The predicted molar refractivity (Wildman–Crippen MR) is 71.6 cm³/mol. The molecule has 0 aromatic heterocycles. The molecule has 20 heavy (non-hydrogen) atoms. The Balaban J connectivity index is 2.38. The van der Waals surface area contributed by atoms with Crippen molar-refractivity contribution in [3.63, 3.8) is 0 Å². The maximum atomic E-state index is 13.8. The van der Waals surface area contributed by atoms with Gasteiger partial charge >= 0.3 is 0 Å². The predicted octanol–water partition coefficient (Wildman–Crippen LogP) is 2.81. The number of para-hydroxylation sites is 1. The van der Waals surface area contributed by atoms with Crippen molar-refractivity contribution in [1.29, 1.82) is 0 Å². The van der Waals surface area contributed by atoms with Gasteiger partial charge in [0.05, 0.1) is 11.3 Å². The molecule has 0 spiro atoms. The molecule has 0 saturated heterocycles. The SMILES string of the molecule is Cc1ccc(F)c(NC(=O)c2cccc(N)c2O)c1F. The second-order valence-electron chi connectivity index (χ2n) is 4.25. The summed E-state index contributed by atoms with van der Waals surface area (Å²) in [5.41, 5.74) is 4.93. The van der Waals surface area contributed by atoms with Gasteiger partial charge in [0, 0.05) is 0 Å². The van der Waals surface area contributed by atoms with Gasteiger partial charge in [0.2, 0.25) is 0 Å². The van der Waals surface area contributed by atoms with Crippen LogP contribution < -0.4 is 11.1 Å². The highest BCUT2D eigenvalue weighted by Crippen LogP contribution is 2.27. The van der Waals surface area contributed by atoms with E-state index in [1.165, 1.54) is 31.2 Å². The minimum absolute atomic E-state index is 0.00263. The second kappa shape index (κ2) is 5.16. The summed E-state index contributed by atoms with van der Waals surface area (Å²) < 4.78 is 27.3. The van der Waals surface area contributed by atoms with Crippen LogP contribution in [0, 0.1) is 18.6 Å². The van der Waals surface area contributed by atoms with E-state index in [-0.39, 0.29) is 16.8 Å². The van der Waals surface area contributed by atoms with Gasteiger partial charge in [-0.1, -0.05) is 12.1 Å². The molecule has 0 radical (unpaired) electrons. The largest absolute Gasteiger partial charge is 0.505 e. The molecular formula is C14H12F2N2O2. The molecule has 0 aliphatic rings. The first-order valence-electron chi connectivity index (χ1n) is 5.75. The van der Waals surface area contributed by atoms with Gasteiger partial charge in [-0.05, 0) is 30.7 Å². The van der Waals surface area contributed by atoms with Crippen molar-refractivity contribution in [2.75, 3.05) is 11.1 Å². The Labute approximate surface area is 113 Å². The number of nitrogens with two attached hydrogens (primary N) is 1.